The Morgan fingerprint density at radius 1 is 1.22 bits per heavy atom. The first-order valence-corrected chi connectivity index (χ1v) is 8.64. The fraction of sp³-hybridized carbons (Fsp3) is 0.158. The summed E-state index contributed by atoms with van der Waals surface area (Å²) in [5.74, 6) is 0. The molecule has 0 bridgehead atoms. The van der Waals surface area contributed by atoms with Gasteiger partial charge in [-0.05, 0) is 25.5 Å². The summed E-state index contributed by atoms with van der Waals surface area (Å²) in [5.41, 5.74) is 6.62. The molecule has 0 spiro atoms. The third kappa shape index (κ3) is 4.32. The summed E-state index contributed by atoms with van der Waals surface area (Å²) in [6, 6.07) is 14.4. The van der Waals surface area contributed by atoms with Crippen LogP contribution < -0.4 is 5.43 Å². The Hall–Kier alpha value is -3.19. The van der Waals surface area contributed by atoms with E-state index in [0.717, 1.165) is 11.3 Å². The molecule has 1 aromatic heterocycles. The zero-order valence-electron chi connectivity index (χ0n) is 14.9. The molecule has 0 atom stereocenters. The van der Waals surface area contributed by atoms with Crippen LogP contribution in [0.5, 0.6) is 0 Å². The Kier molecular flexibility index (Phi) is 5.52. The fourth-order valence-electron chi connectivity index (χ4n) is 2.58. The predicted molar refractivity (Wildman–Crippen MR) is 107 cm³/mol. The largest absolute Gasteiger partial charge is 0.294 e. The van der Waals surface area contributed by atoms with Crippen molar-refractivity contribution in [2.45, 2.75) is 20.4 Å². The van der Waals surface area contributed by atoms with Crippen LogP contribution in [-0.4, -0.2) is 20.9 Å². The summed E-state index contributed by atoms with van der Waals surface area (Å²) >= 11 is 6.45. The van der Waals surface area contributed by atoms with Crippen LogP contribution in [0.15, 0.2) is 53.6 Å². The van der Waals surface area contributed by atoms with Crippen molar-refractivity contribution in [3.8, 4) is 0 Å². The number of nitro groups is 1. The van der Waals surface area contributed by atoms with Crippen LogP contribution in [-0.2, 0) is 6.54 Å². The Morgan fingerprint density at radius 2 is 1.93 bits per heavy atom. The number of para-hydroxylation sites is 2. The Morgan fingerprint density at radius 3 is 2.63 bits per heavy atom. The number of aromatic nitrogens is 2. The number of nitrogens with zero attached hydrogens (tertiary/aromatic N) is 4. The van der Waals surface area contributed by atoms with Crippen LogP contribution in [0.3, 0.4) is 0 Å². The van der Waals surface area contributed by atoms with Gasteiger partial charge in [0, 0.05) is 6.07 Å². The van der Waals surface area contributed by atoms with Crippen molar-refractivity contribution in [3.05, 3.63) is 86.2 Å². The van der Waals surface area contributed by atoms with Crippen LogP contribution in [0.4, 0.5) is 11.4 Å². The first kappa shape index (κ1) is 18.6. The number of aryl methyl sites for hydroxylation is 2. The van der Waals surface area contributed by atoms with Crippen LogP contribution in [0.2, 0.25) is 5.15 Å². The van der Waals surface area contributed by atoms with Gasteiger partial charge in [0.2, 0.25) is 0 Å². The lowest BCUT2D eigenvalue weighted by Crippen LogP contribution is -2.02. The predicted octanol–water partition coefficient (Wildman–Crippen LogP) is 4.56. The van der Waals surface area contributed by atoms with Gasteiger partial charge < -0.3 is 0 Å². The van der Waals surface area contributed by atoms with Gasteiger partial charge in [-0.1, -0.05) is 53.6 Å². The van der Waals surface area contributed by atoms with Crippen molar-refractivity contribution >= 4 is 29.2 Å². The number of nitrogens with one attached hydrogen (secondary N) is 1. The van der Waals surface area contributed by atoms with Crippen molar-refractivity contribution in [3.63, 3.8) is 0 Å². The zero-order valence-corrected chi connectivity index (χ0v) is 15.6. The highest BCUT2D eigenvalue weighted by molar-refractivity contribution is 6.32. The maximum atomic E-state index is 11.0. The summed E-state index contributed by atoms with van der Waals surface area (Å²) in [4.78, 5) is 10.6. The van der Waals surface area contributed by atoms with Crippen molar-refractivity contribution in [1.82, 2.24) is 9.78 Å². The van der Waals surface area contributed by atoms with Crippen LogP contribution in [0, 0.1) is 24.0 Å². The molecule has 27 heavy (non-hydrogen) atoms. The van der Waals surface area contributed by atoms with Crippen LogP contribution in [0.1, 0.15) is 22.4 Å². The van der Waals surface area contributed by atoms with Gasteiger partial charge in [-0.2, -0.15) is 10.2 Å². The minimum atomic E-state index is -0.463. The first-order valence-electron chi connectivity index (χ1n) is 8.26. The monoisotopic (exact) mass is 383 g/mol. The molecule has 1 heterocycles. The lowest BCUT2D eigenvalue weighted by Gasteiger charge is -2.04. The molecule has 0 saturated carbocycles. The second-order valence-electron chi connectivity index (χ2n) is 6.08. The topological polar surface area (TPSA) is 85.3 Å². The van der Waals surface area contributed by atoms with E-state index in [-0.39, 0.29) is 5.69 Å². The number of nitro benzene ring substituents is 1. The number of hydrazone groups is 1. The van der Waals surface area contributed by atoms with Gasteiger partial charge in [-0.3, -0.25) is 15.5 Å². The van der Waals surface area contributed by atoms with Gasteiger partial charge in [-0.25, -0.2) is 4.68 Å². The summed E-state index contributed by atoms with van der Waals surface area (Å²) in [7, 11) is 0. The molecule has 0 amide bonds. The lowest BCUT2D eigenvalue weighted by atomic mass is 10.1. The molecule has 8 heteroatoms. The number of benzene rings is 2. The van der Waals surface area contributed by atoms with E-state index in [1.165, 1.54) is 17.8 Å². The molecule has 0 aliphatic rings. The molecule has 0 aliphatic carbocycles. The van der Waals surface area contributed by atoms with Gasteiger partial charge in [-0.15, -0.1) is 0 Å². The van der Waals surface area contributed by atoms with Gasteiger partial charge in [0.1, 0.15) is 10.8 Å². The van der Waals surface area contributed by atoms with Gasteiger partial charge in [0.15, 0.2) is 0 Å². The molecule has 0 unspecified atom stereocenters. The van der Waals surface area contributed by atoms with E-state index >= 15 is 0 Å². The normalized spacial score (nSPS) is 11.1. The smallest absolute Gasteiger partial charge is 0.272 e. The van der Waals surface area contributed by atoms with Gasteiger partial charge in [0.05, 0.1) is 28.9 Å². The SMILES string of the molecule is Cc1ccc(Cn2nc(C)c(/C=N\Nc3ccccc3[N+](=O)[O-])c2Cl)cc1. The Balaban J connectivity index is 1.78. The average molecular weight is 384 g/mol. The summed E-state index contributed by atoms with van der Waals surface area (Å²) in [6.07, 6.45) is 1.52. The van der Waals surface area contributed by atoms with E-state index in [9.17, 15) is 10.1 Å². The van der Waals surface area contributed by atoms with Crippen LogP contribution >= 0.6 is 11.6 Å². The highest BCUT2D eigenvalue weighted by Crippen LogP contribution is 2.23. The molecule has 0 fully saturated rings. The Labute approximate surface area is 161 Å². The fourth-order valence-corrected chi connectivity index (χ4v) is 2.86. The van der Waals surface area contributed by atoms with Crippen LogP contribution in [0.25, 0.3) is 0 Å². The minimum absolute atomic E-state index is 0.0486. The van der Waals surface area contributed by atoms with E-state index in [4.69, 9.17) is 11.6 Å². The molecular formula is C19H18ClN5O2. The minimum Gasteiger partial charge on any atom is -0.272 e. The number of hydrogen-bond donors (Lipinski definition) is 1. The van der Waals surface area contributed by atoms with Crippen molar-refractivity contribution in [2.24, 2.45) is 5.10 Å². The van der Waals surface area contributed by atoms with Crippen molar-refractivity contribution in [1.29, 1.82) is 0 Å². The highest BCUT2D eigenvalue weighted by Gasteiger charge is 2.13. The summed E-state index contributed by atoms with van der Waals surface area (Å²) in [6.45, 7) is 4.42. The first-order chi connectivity index (χ1) is 13.0. The molecule has 0 aliphatic heterocycles. The average Bonchev–Trinajstić information content (AvgIpc) is 2.91. The number of anilines is 1. The molecular weight excluding hydrogens is 366 g/mol. The third-order valence-electron chi connectivity index (χ3n) is 4.04. The third-order valence-corrected chi connectivity index (χ3v) is 4.44. The van der Waals surface area contributed by atoms with E-state index < -0.39 is 4.92 Å². The van der Waals surface area contributed by atoms with E-state index in [2.05, 4.69) is 15.6 Å². The van der Waals surface area contributed by atoms with E-state index in [1.54, 1.807) is 22.9 Å². The number of halogens is 1. The number of hydrogen-bond acceptors (Lipinski definition) is 5. The van der Waals surface area contributed by atoms with E-state index in [1.807, 2.05) is 38.1 Å². The molecule has 1 N–H and O–H groups in total. The second kappa shape index (κ2) is 8.01. The zero-order chi connectivity index (χ0) is 19.4. The maximum absolute atomic E-state index is 11.0. The van der Waals surface area contributed by atoms with Gasteiger partial charge >= 0.3 is 0 Å². The molecule has 3 rings (SSSR count). The van der Waals surface area contributed by atoms with Gasteiger partial charge in [0.25, 0.3) is 5.69 Å². The molecule has 0 radical (unpaired) electrons. The highest BCUT2D eigenvalue weighted by atomic mass is 35.5. The standard InChI is InChI=1S/C19H18ClN5O2/c1-13-7-9-15(10-8-13)12-24-19(20)16(14(2)23-24)11-21-22-17-5-3-4-6-18(17)25(26)27/h3-11,22H,12H2,1-2H3/b21-11-. The maximum Gasteiger partial charge on any atom is 0.294 e. The van der Waals surface area contributed by atoms with Crippen molar-refractivity contribution < 1.29 is 4.92 Å². The van der Waals surface area contributed by atoms with Crippen molar-refractivity contribution in [2.75, 3.05) is 5.43 Å². The quantitative estimate of drug-likeness (QED) is 0.384. The second-order valence-corrected chi connectivity index (χ2v) is 6.44. The molecule has 7 nitrogen and oxygen atoms in total. The lowest BCUT2D eigenvalue weighted by molar-refractivity contribution is -0.384. The molecule has 2 aromatic carbocycles. The molecule has 0 saturated heterocycles. The Bertz CT molecular complexity index is 996. The molecule has 3 aromatic rings. The van der Waals surface area contributed by atoms with E-state index in [0.29, 0.717) is 22.9 Å². The summed E-state index contributed by atoms with van der Waals surface area (Å²) in [5, 5.41) is 20.0. The number of rotatable bonds is 6. The molecule has 138 valence electrons. The summed E-state index contributed by atoms with van der Waals surface area (Å²) < 4.78 is 1.70.